The molecule has 194 valence electrons. The average Bonchev–Trinajstić information content (AvgIpc) is 3.34. The molecule has 1 N–H and O–H groups in total. The fraction of sp³-hybridized carbons (Fsp3) is 0.296. The van der Waals surface area contributed by atoms with Crippen LogP contribution in [0.3, 0.4) is 0 Å². The molecule has 2 aromatic carbocycles. The lowest BCUT2D eigenvalue weighted by Crippen LogP contribution is -2.30. The topological polar surface area (TPSA) is 117 Å². The predicted molar refractivity (Wildman–Crippen MR) is 142 cm³/mol. The van der Waals surface area contributed by atoms with Crippen molar-refractivity contribution in [1.82, 2.24) is 19.4 Å². The molecule has 1 heterocycles. The van der Waals surface area contributed by atoms with Crippen molar-refractivity contribution in [2.75, 3.05) is 33.4 Å². The lowest BCUT2D eigenvalue weighted by molar-refractivity contribution is -0.117. The normalized spacial score (nSPS) is 11.9. The minimum absolute atomic E-state index is 0.0850. The van der Waals surface area contributed by atoms with Crippen LogP contribution in [0, 0.1) is 11.3 Å². The second-order valence-electron chi connectivity index (χ2n) is 8.10. The van der Waals surface area contributed by atoms with Gasteiger partial charge in [-0.2, -0.15) is 14.7 Å². The minimum Gasteiger partial charge on any atom is -0.385 e. The minimum atomic E-state index is -3.69. The number of nitrogens with zero attached hydrogens (tertiary/aromatic N) is 4. The first kappa shape index (κ1) is 27.8. The number of hydrogen-bond donors (Lipinski definition) is 1. The number of amides is 1. The number of carbonyl (C=O) groups is 1. The predicted octanol–water partition coefficient (Wildman–Crippen LogP) is 3.63. The fourth-order valence-corrected chi connectivity index (χ4v) is 5.27. The smallest absolute Gasteiger partial charge is 0.261 e. The summed E-state index contributed by atoms with van der Waals surface area (Å²) in [6, 6.07) is 17.9. The highest BCUT2D eigenvalue weighted by Gasteiger charge is 2.23. The molecular formula is C27H31N5O4S. The molecule has 0 aliphatic rings. The maximum Gasteiger partial charge on any atom is 0.261 e. The molecule has 10 heteroatoms. The lowest BCUT2D eigenvalue weighted by atomic mass is 10.1. The summed E-state index contributed by atoms with van der Waals surface area (Å²) >= 11 is 0. The van der Waals surface area contributed by atoms with Crippen LogP contribution in [0.25, 0.3) is 23.0 Å². The summed E-state index contributed by atoms with van der Waals surface area (Å²) in [5.41, 5.74) is 2.19. The van der Waals surface area contributed by atoms with Crippen LogP contribution in [0.4, 0.5) is 0 Å². The third-order valence-corrected chi connectivity index (χ3v) is 7.74. The third-order valence-electron chi connectivity index (χ3n) is 5.69. The molecule has 0 fully saturated rings. The molecule has 1 aromatic heterocycles. The molecule has 0 saturated heterocycles. The first-order valence-electron chi connectivity index (χ1n) is 12.0. The van der Waals surface area contributed by atoms with Crippen molar-refractivity contribution in [2.45, 2.75) is 25.2 Å². The van der Waals surface area contributed by atoms with E-state index in [0.29, 0.717) is 49.5 Å². The number of para-hydroxylation sites is 1. The SMILES string of the molecule is CCN(CC)S(=O)(=O)c1cccc(-c2nn(-c3ccccc3)cc2C=C(C#N)C(=O)NCCCOC)c1. The number of rotatable bonds is 12. The van der Waals surface area contributed by atoms with Crippen LogP contribution in [-0.4, -0.2) is 61.8 Å². The number of sulfonamides is 1. The van der Waals surface area contributed by atoms with E-state index in [1.807, 2.05) is 36.4 Å². The van der Waals surface area contributed by atoms with E-state index in [1.165, 1.54) is 10.4 Å². The second-order valence-corrected chi connectivity index (χ2v) is 10.0. The maximum atomic E-state index is 13.1. The Balaban J connectivity index is 2.09. The largest absolute Gasteiger partial charge is 0.385 e. The summed E-state index contributed by atoms with van der Waals surface area (Å²) in [5, 5.41) is 17.1. The number of nitriles is 1. The Hall–Kier alpha value is -3.78. The molecule has 0 aliphatic carbocycles. The van der Waals surface area contributed by atoms with Gasteiger partial charge >= 0.3 is 0 Å². The quantitative estimate of drug-likeness (QED) is 0.221. The monoisotopic (exact) mass is 521 g/mol. The lowest BCUT2D eigenvalue weighted by Gasteiger charge is -2.18. The Kier molecular flexibility index (Phi) is 9.74. The number of nitrogens with one attached hydrogen (secondary N) is 1. The van der Waals surface area contributed by atoms with Crippen molar-refractivity contribution in [2.24, 2.45) is 0 Å². The zero-order valence-corrected chi connectivity index (χ0v) is 22.0. The van der Waals surface area contributed by atoms with Crippen LogP contribution in [-0.2, 0) is 19.6 Å². The van der Waals surface area contributed by atoms with Gasteiger partial charge in [0.25, 0.3) is 5.91 Å². The van der Waals surface area contributed by atoms with Gasteiger partial charge in [-0.25, -0.2) is 13.1 Å². The number of benzene rings is 2. The van der Waals surface area contributed by atoms with E-state index in [4.69, 9.17) is 9.84 Å². The molecular weight excluding hydrogens is 490 g/mol. The van der Waals surface area contributed by atoms with Gasteiger partial charge < -0.3 is 10.1 Å². The van der Waals surface area contributed by atoms with Gasteiger partial charge in [0.1, 0.15) is 17.3 Å². The van der Waals surface area contributed by atoms with E-state index >= 15 is 0 Å². The zero-order chi connectivity index (χ0) is 26.8. The van der Waals surface area contributed by atoms with Crippen molar-refractivity contribution in [3.8, 4) is 23.0 Å². The fourth-order valence-electron chi connectivity index (χ4n) is 3.76. The van der Waals surface area contributed by atoms with Gasteiger partial charge in [-0.3, -0.25) is 4.79 Å². The summed E-state index contributed by atoms with van der Waals surface area (Å²) in [6.45, 7) is 5.15. The van der Waals surface area contributed by atoms with Crippen LogP contribution in [0.2, 0.25) is 0 Å². The van der Waals surface area contributed by atoms with Gasteiger partial charge in [0.2, 0.25) is 10.0 Å². The summed E-state index contributed by atoms with van der Waals surface area (Å²) in [4.78, 5) is 12.8. The molecule has 0 radical (unpaired) electrons. The second kappa shape index (κ2) is 13.0. The van der Waals surface area contributed by atoms with E-state index in [1.54, 1.807) is 56.1 Å². The molecule has 0 atom stereocenters. The Morgan fingerprint density at radius 1 is 1.16 bits per heavy atom. The van der Waals surface area contributed by atoms with E-state index in [-0.39, 0.29) is 10.5 Å². The van der Waals surface area contributed by atoms with Crippen molar-refractivity contribution >= 4 is 22.0 Å². The first-order valence-corrected chi connectivity index (χ1v) is 13.4. The van der Waals surface area contributed by atoms with Gasteiger partial charge in [0.15, 0.2) is 0 Å². The van der Waals surface area contributed by atoms with Crippen LogP contribution >= 0.6 is 0 Å². The summed E-state index contributed by atoms with van der Waals surface area (Å²) in [5.74, 6) is -0.505. The number of hydrogen-bond acceptors (Lipinski definition) is 6. The van der Waals surface area contributed by atoms with E-state index in [2.05, 4.69) is 5.32 Å². The van der Waals surface area contributed by atoms with Crippen molar-refractivity contribution < 1.29 is 17.9 Å². The molecule has 3 rings (SSSR count). The van der Waals surface area contributed by atoms with Crippen LogP contribution in [0.1, 0.15) is 25.8 Å². The third kappa shape index (κ3) is 6.71. The molecule has 1 amide bonds. The van der Waals surface area contributed by atoms with Gasteiger partial charge in [-0.15, -0.1) is 0 Å². The zero-order valence-electron chi connectivity index (χ0n) is 21.2. The maximum absolute atomic E-state index is 13.1. The molecule has 3 aromatic rings. The molecule has 0 aliphatic heterocycles. The van der Waals surface area contributed by atoms with Crippen LogP contribution in [0.5, 0.6) is 0 Å². The number of methoxy groups -OCH3 is 1. The highest BCUT2D eigenvalue weighted by Crippen LogP contribution is 2.28. The number of carbonyl (C=O) groups excluding carboxylic acids is 1. The van der Waals surface area contributed by atoms with Gasteiger partial charge in [0.05, 0.1) is 10.6 Å². The Labute approximate surface area is 218 Å². The molecule has 0 unspecified atom stereocenters. The van der Waals surface area contributed by atoms with Crippen LogP contribution < -0.4 is 5.32 Å². The van der Waals surface area contributed by atoms with Gasteiger partial charge in [-0.1, -0.05) is 44.2 Å². The first-order chi connectivity index (χ1) is 17.8. The Morgan fingerprint density at radius 2 is 1.89 bits per heavy atom. The highest BCUT2D eigenvalue weighted by molar-refractivity contribution is 7.89. The van der Waals surface area contributed by atoms with Crippen molar-refractivity contribution in [3.05, 3.63) is 71.9 Å². The highest BCUT2D eigenvalue weighted by atomic mass is 32.2. The standard InChI is InChI=1S/C27H31N5O4S/c1-4-31(5-2)37(34,35)25-14-9-11-21(18-25)26-23(20-32(30-26)24-12-7-6-8-13-24)17-22(19-28)27(33)29-15-10-16-36-3/h6-9,11-14,17-18,20H,4-5,10,15-16H2,1-3H3,(H,29,33). The number of ether oxygens (including phenoxy) is 1. The summed E-state index contributed by atoms with van der Waals surface area (Å²) in [6.07, 6.45) is 3.80. The summed E-state index contributed by atoms with van der Waals surface area (Å²) < 4.78 is 34.3. The van der Waals surface area contributed by atoms with Crippen molar-refractivity contribution in [3.63, 3.8) is 0 Å². The Bertz CT molecular complexity index is 1390. The van der Waals surface area contributed by atoms with E-state index in [9.17, 15) is 18.5 Å². The molecule has 37 heavy (non-hydrogen) atoms. The molecule has 0 bridgehead atoms. The van der Waals surface area contributed by atoms with Gasteiger partial charge in [0, 0.05) is 50.7 Å². The van der Waals surface area contributed by atoms with Gasteiger partial charge in [-0.05, 0) is 36.8 Å². The van der Waals surface area contributed by atoms with E-state index in [0.717, 1.165) is 5.69 Å². The molecule has 0 saturated carbocycles. The van der Waals surface area contributed by atoms with Crippen molar-refractivity contribution in [1.29, 1.82) is 5.26 Å². The molecule has 0 spiro atoms. The van der Waals surface area contributed by atoms with E-state index < -0.39 is 15.9 Å². The average molecular weight is 522 g/mol. The Morgan fingerprint density at radius 3 is 2.54 bits per heavy atom. The molecule has 9 nitrogen and oxygen atoms in total. The number of aromatic nitrogens is 2. The van der Waals surface area contributed by atoms with Crippen LogP contribution in [0.15, 0.2) is 71.3 Å². The summed E-state index contributed by atoms with van der Waals surface area (Å²) in [7, 11) is -2.11.